The number of aliphatic hydroxyl groups excluding tert-OH is 1. The number of halogens is 2. The molecule has 1 atom stereocenters. The van der Waals surface area contributed by atoms with Crippen molar-refractivity contribution in [1.82, 2.24) is 20.5 Å². The van der Waals surface area contributed by atoms with Gasteiger partial charge in [0.25, 0.3) is 5.91 Å². The van der Waals surface area contributed by atoms with Gasteiger partial charge in [0.2, 0.25) is 17.6 Å². The van der Waals surface area contributed by atoms with Crippen LogP contribution in [-0.2, 0) is 23.9 Å². The summed E-state index contributed by atoms with van der Waals surface area (Å²) in [6, 6.07) is 2.35. The van der Waals surface area contributed by atoms with E-state index < -0.39 is 41.9 Å². The van der Waals surface area contributed by atoms with Crippen molar-refractivity contribution in [2.75, 3.05) is 77.2 Å². The lowest BCUT2D eigenvalue weighted by Crippen LogP contribution is -2.40. The molecule has 2 fully saturated rings. The third kappa shape index (κ3) is 8.79. The standard InChI is InChI=1S/C26H33F2N5O7S/c27-19-3-2-18(20-16-41-26(31-20)32-7-10-38-11-8-32)25(24(19)28)40-15-22(36)29-5-1-9-39-14-21(35)30-12-23(37)33-6-4-17(34)13-33/h2-3,16-17,34H,1,4-15H2,(H,29,36)(H,30,35)/t17-/m1/s1. The molecule has 15 heteroatoms. The Morgan fingerprint density at radius 1 is 1.12 bits per heavy atom. The number of nitrogens with one attached hydrogen (secondary N) is 2. The zero-order valence-corrected chi connectivity index (χ0v) is 23.2. The molecule has 12 nitrogen and oxygen atoms in total. The Bertz CT molecular complexity index is 1210. The van der Waals surface area contributed by atoms with E-state index in [1.807, 2.05) is 4.90 Å². The number of rotatable bonds is 13. The van der Waals surface area contributed by atoms with Crippen LogP contribution in [0.25, 0.3) is 11.3 Å². The SMILES string of the molecule is O=C(COCCCNC(=O)COc1c(-c2csc(N3CCOCC3)n2)ccc(F)c1F)NCC(=O)N1CC[C@@H](O)C1. The van der Waals surface area contributed by atoms with Gasteiger partial charge in [0.05, 0.1) is 31.6 Å². The van der Waals surface area contributed by atoms with E-state index in [9.17, 15) is 28.3 Å². The number of ether oxygens (including phenoxy) is 3. The normalized spacial score (nSPS) is 17.0. The highest BCUT2D eigenvalue weighted by Crippen LogP contribution is 2.36. The molecule has 4 rings (SSSR count). The Morgan fingerprint density at radius 2 is 1.90 bits per heavy atom. The molecule has 0 bridgehead atoms. The summed E-state index contributed by atoms with van der Waals surface area (Å²) >= 11 is 1.37. The second kappa shape index (κ2) is 15.0. The molecule has 1 aromatic heterocycles. The van der Waals surface area contributed by atoms with Crippen LogP contribution in [0.1, 0.15) is 12.8 Å². The third-order valence-electron chi connectivity index (χ3n) is 6.42. The molecule has 2 aliphatic heterocycles. The van der Waals surface area contributed by atoms with Gasteiger partial charge in [0.15, 0.2) is 23.3 Å². The summed E-state index contributed by atoms with van der Waals surface area (Å²) in [4.78, 5) is 44.1. The largest absolute Gasteiger partial charge is 0.480 e. The zero-order valence-electron chi connectivity index (χ0n) is 22.4. The number of morpholine rings is 1. The molecule has 0 aliphatic carbocycles. The van der Waals surface area contributed by atoms with Crippen LogP contribution < -0.4 is 20.3 Å². The minimum absolute atomic E-state index is 0.165. The maximum Gasteiger partial charge on any atom is 0.257 e. The van der Waals surface area contributed by atoms with Gasteiger partial charge >= 0.3 is 0 Å². The van der Waals surface area contributed by atoms with E-state index in [4.69, 9.17) is 14.2 Å². The van der Waals surface area contributed by atoms with Gasteiger partial charge in [0.1, 0.15) is 6.61 Å². The van der Waals surface area contributed by atoms with Gasteiger partial charge < -0.3 is 39.8 Å². The maximum absolute atomic E-state index is 14.6. The highest BCUT2D eigenvalue weighted by Gasteiger charge is 2.25. The lowest BCUT2D eigenvalue weighted by atomic mass is 10.1. The van der Waals surface area contributed by atoms with Crippen molar-refractivity contribution >= 4 is 34.2 Å². The summed E-state index contributed by atoms with van der Waals surface area (Å²) in [6.45, 7) is 2.65. The Balaban J connectivity index is 1.15. The third-order valence-corrected chi connectivity index (χ3v) is 7.32. The number of β-amino-alcohol motifs (C(OH)–C–C–N with tert-alkyl or cyclic N) is 1. The molecule has 1 aromatic carbocycles. The molecule has 3 N–H and O–H groups in total. The monoisotopic (exact) mass is 597 g/mol. The lowest BCUT2D eigenvalue weighted by molar-refractivity contribution is -0.133. The molecule has 224 valence electrons. The number of thiazole rings is 1. The van der Waals surface area contributed by atoms with Gasteiger partial charge in [-0.1, -0.05) is 0 Å². The van der Waals surface area contributed by atoms with E-state index in [-0.39, 0.29) is 44.3 Å². The summed E-state index contributed by atoms with van der Waals surface area (Å²) in [6.07, 6.45) is 0.381. The summed E-state index contributed by atoms with van der Waals surface area (Å²) in [5.74, 6) is -3.98. The summed E-state index contributed by atoms with van der Waals surface area (Å²) in [5.41, 5.74) is 0.644. The quantitative estimate of drug-likeness (QED) is 0.282. The molecular formula is C26H33F2N5O7S. The Kier molecular flexibility index (Phi) is 11.2. The number of nitrogens with zero attached hydrogens (tertiary/aromatic N) is 3. The van der Waals surface area contributed by atoms with Gasteiger partial charge in [0, 0.05) is 50.3 Å². The molecule has 2 aliphatic rings. The maximum atomic E-state index is 14.6. The molecule has 0 saturated carbocycles. The predicted octanol–water partition coefficient (Wildman–Crippen LogP) is 0.536. The van der Waals surface area contributed by atoms with Crippen molar-refractivity contribution < 1.29 is 42.5 Å². The number of likely N-dealkylation sites (tertiary alicyclic amines) is 1. The molecule has 0 spiro atoms. The highest BCUT2D eigenvalue weighted by molar-refractivity contribution is 7.14. The van der Waals surface area contributed by atoms with Gasteiger partial charge in [-0.2, -0.15) is 4.39 Å². The van der Waals surface area contributed by atoms with Gasteiger partial charge in [-0.25, -0.2) is 9.37 Å². The van der Waals surface area contributed by atoms with Crippen LogP contribution in [0.4, 0.5) is 13.9 Å². The number of anilines is 1. The molecule has 2 saturated heterocycles. The molecule has 41 heavy (non-hydrogen) atoms. The van der Waals surface area contributed by atoms with Crippen molar-refractivity contribution in [3.8, 4) is 17.0 Å². The first-order chi connectivity index (χ1) is 19.8. The molecular weight excluding hydrogens is 564 g/mol. The number of benzene rings is 1. The van der Waals surface area contributed by atoms with Crippen LogP contribution in [0.3, 0.4) is 0 Å². The van der Waals surface area contributed by atoms with Crippen molar-refractivity contribution in [3.05, 3.63) is 29.1 Å². The molecule has 0 unspecified atom stereocenters. The average Bonchev–Trinajstić information content (AvgIpc) is 3.64. The number of hydrogen-bond donors (Lipinski definition) is 3. The van der Waals surface area contributed by atoms with E-state index in [0.717, 1.165) is 11.2 Å². The predicted molar refractivity (Wildman–Crippen MR) is 145 cm³/mol. The van der Waals surface area contributed by atoms with Crippen molar-refractivity contribution in [1.29, 1.82) is 0 Å². The molecule has 3 amide bonds. The van der Waals surface area contributed by atoms with Crippen LogP contribution in [0.2, 0.25) is 0 Å². The van der Waals surface area contributed by atoms with Crippen LogP contribution in [-0.4, -0.2) is 111 Å². The smallest absolute Gasteiger partial charge is 0.257 e. The van der Waals surface area contributed by atoms with E-state index in [1.54, 1.807) is 5.38 Å². The van der Waals surface area contributed by atoms with Crippen molar-refractivity contribution in [2.45, 2.75) is 18.9 Å². The minimum atomic E-state index is -1.21. The van der Waals surface area contributed by atoms with Crippen LogP contribution >= 0.6 is 11.3 Å². The second-order valence-electron chi connectivity index (χ2n) is 9.46. The summed E-state index contributed by atoms with van der Waals surface area (Å²) in [7, 11) is 0. The van der Waals surface area contributed by atoms with E-state index in [1.165, 1.54) is 22.3 Å². The fraction of sp³-hybridized carbons (Fsp3) is 0.538. The molecule has 3 heterocycles. The summed E-state index contributed by atoms with van der Waals surface area (Å²) < 4.78 is 44.6. The van der Waals surface area contributed by atoms with E-state index in [2.05, 4.69) is 15.6 Å². The lowest BCUT2D eigenvalue weighted by Gasteiger charge is -2.26. The summed E-state index contributed by atoms with van der Waals surface area (Å²) in [5, 5.41) is 17.0. The Morgan fingerprint density at radius 3 is 2.66 bits per heavy atom. The van der Waals surface area contributed by atoms with Crippen LogP contribution in [0.15, 0.2) is 17.5 Å². The van der Waals surface area contributed by atoms with Gasteiger partial charge in [-0.15, -0.1) is 11.3 Å². The Labute approximate surface area is 239 Å². The number of aliphatic hydroxyl groups is 1. The number of aromatic nitrogens is 1. The number of carbonyl (C=O) groups is 3. The topological polar surface area (TPSA) is 143 Å². The number of amides is 3. The fourth-order valence-electron chi connectivity index (χ4n) is 4.22. The van der Waals surface area contributed by atoms with Crippen LogP contribution in [0.5, 0.6) is 5.75 Å². The van der Waals surface area contributed by atoms with E-state index >= 15 is 0 Å². The van der Waals surface area contributed by atoms with Gasteiger partial charge in [-0.05, 0) is 25.0 Å². The Hall–Kier alpha value is -3.40. The first-order valence-electron chi connectivity index (χ1n) is 13.3. The van der Waals surface area contributed by atoms with Crippen LogP contribution in [0, 0.1) is 11.6 Å². The van der Waals surface area contributed by atoms with Crippen molar-refractivity contribution in [3.63, 3.8) is 0 Å². The second-order valence-corrected chi connectivity index (χ2v) is 10.3. The van der Waals surface area contributed by atoms with Crippen molar-refractivity contribution in [2.24, 2.45) is 0 Å². The first-order valence-corrected chi connectivity index (χ1v) is 14.2. The zero-order chi connectivity index (χ0) is 29.2. The average molecular weight is 598 g/mol. The van der Waals surface area contributed by atoms with Gasteiger partial charge in [-0.3, -0.25) is 14.4 Å². The molecule has 2 aromatic rings. The minimum Gasteiger partial charge on any atom is -0.480 e. The number of carbonyl (C=O) groups excluding carboxylic acids is 3. The first kappa shape index (κ1) is 30.6. The highest BCUT2D eigenvalue weighted by atomic mass is 32.1. The fourth-order valence-corrected chi connectivity index (χ4v) is 5.10. The molecule has 0 radical (unpaired) electrons. The number of hydrogen-bond acceptors (Lipinski definition) is 10. The van der Waals surface area contributed by atoms with E-state index in [0.29, 0.717) is 51.4 Å².